The number of aliphatic hydroxyl groups is 4. The predicted octanol–water partition coefficient (Wildman–Crippen LogP) is 6.25. The molecule has 1 aromatic carbocycles. The molecule has 0 aromatic heterocycles. The van der Waals surface area contributed by atoms with Crippen molar-refractivity contribution in [1.29, 1.82) is 0 Å². The van der Waals surface area contributed by atoms with Gasteiger partial charge in [-0.3, -0.25) is 4.21 Å². The van der Waals surface area contributed by atoms with E-state index < -0.39 is 72.4 Å². The van der Waals surface area contributed by atoms with Gasteiger partial charge in [0.25, 0.3) is 0 Å². The average molecular weight is 783 g/mol. The molecule has 1 aliphatic heterocycles. The Kier molecular flexibility index (Phi) is 13.9. The van der Waals surface area contributed by atoms with Gasteiger partial charge in [-0.05, 0) is 104 Å². The van der Waals surface area contributed by atoms with E-state index in [9.17, 15) is 56.5 Å². The maximum absolute atomic E-state index is 13.1. The minimum absolute atomic E-state index is 0.113. The number of aliphatic carboxylic acids is 1. The van der Waals surface area contributed by atoms with Crippen LogP contribution in [0, 0.1) is 23.2 Å². The summed E-state index contributed by atoms with van der Waals surface area (Å²) in [4.78, 5) is 11.6. The Bertz CT molecular complexity index is 1410. The van der Waals surface area contributed by atoms with E-state index in [0.717, 1.165) is 82.6 Å². The van der Waals surface area contributed by atoms with E-state index in [2.05, 4.69) is 6.92 Å². The standard InChI is InChI=1S/C38H55F5O9S/c1-36-17-15-26-25-12-11-24(51-35-32(47)30(45)31(46)33(52-35)34(48)49)21-23(25)20-22(29(26)27(36)13-14-28(36)44)10-7-5-3-2-4-6-8-18-53(50)19-9-16-37(39,40)38(41,42)43/h11-12,21-22,26-33,35,44-47H,2-10,13-20H2,1H3,(H,48,49)/t22-,26-,27+,28-,29+,30-,31-,32+,33-,35+,36-,53+/m0/s1. The minimum atomic E-state index is -5.58. The van der Waals surface area contributed by atoms with E-state index in [1.165, 1.54) is 5.56 Å². The molecule has 3 aliphatic carbocycles. The van der Waals surface area contributed by atoms with Gasteiger partial charge in [0.15, 0.2) is 6.10 Å². The van der Waals surface area contributed by atoms with Gasteiger partial charge in [-0.25, -0.2) is 4.79 Å². The van der Waals surface area contributed by atoms with E-state index in [1.807, 2.05) is 12.1 Å². The first kappa shape index (κ1) is 42.2. The molecule has 5 rings (SSSR count). The van der Waals surface area contributed by atoms with Gasteiger partial charge >= 0.3 is 18.1 Å². The molecule has 302 valence electrons. The van der Waals surface area contributed by atoms with Gasteiger partial charge in [0, 0.05) is 28.7 Å². The predicted molar refractivity (Wildman–Crippen MR) is 186 cm³/mol. The summed E-state index contributed by atoms with van der Waals surface area (Å²) in [6.07, 6.45) is -4.22. The lowest BCUT2D eigenvalue weighted by atomic mass is 9.52. The van der Waals surface area contributed by atoms with Gasteiger partial charge in [-0.2, -0.15) is 22.0 Å². The number of carboxylic acid groups (broad SMARTS) is 1. The van der Waals surface area contributed by atoms with Gasteiger partial charge in [0.05, 0.1) is 6.10 Å². The van der Waals surface area contributed by atoms with Gasteiger partial charge in [-0.1, -0.05) is 51.5 Å². The maximum Gasteiger partial charge on any atom is 0.453 e. The quantitative estimate of drug-likeness (QED) is 0.0913. The molecular weight excluding hydrogens is 727 g/mol. The van der Waals surface area contributed by atoms with Crippen molar-refractivity contribution in [2.45, 2.75) is 158 Å². The molecule has 2 saturated carbocycles. The number of aliphatic hydroxyl groups excluding tert-OH is 4. The fourth-order valence-electron chi connectivity index (χ4n) is 9.63. The molecule has 53 heavy (non-hydrogen) atoms. The first-order valence-electron chi connectivity index (χ1n) is 19.1. The number of alkyl halides is 5. The SMILES string of the molecule is C[C@]12CC[C@H]3c4ccc(O[C@@H]5O[C@H](C(=O)O)[C@@H](O)[C@H](O)[C@H]5O)cc4C[C@H](CCCCCCCCC[S@@](=O)CCCC(F)(F)C(F)(F)F)[C@H]3[C@H]1CC[C@@H]2O. The van der Waals surface area contributed by atoms with Crippen molar-refractivity contribution in [2.75, 3.05) is 11.5 Å². The fourth-order valence-corrected chi connectivity index (χ4v) is 10.8. The molecule has 0 radical (unpaired) electrons. The summed E-state index contributed by atoms with van der Waals surface area (Å²) in [6.45, 7) is 2.24. The van der Waals surface area contributed by atoms with Crippen molar-refractivity contribution >= 4 is 16.8 Å². The van der Waals surface area contributed by atoms with E-state index in [0.29, 0.717) is 41.6 Å². The Morgan fingerprint density at radius 1 is 0.906 bits per heavy atom. The number of unbranched alkanes of at least 4 members (excludes halogenated alkanes) is 6. The van der Waals surface area contributed by atoms with Crippen LogP contribution < -0.4 is 4.74 Å². The lowest BCUT2D eigenvalue weighted by Crippen LogP contribution is -2.61. The van der Waals surface area contributed by atoms with Crippen LogP contribution in [0.5, 0.6) is 5.75 Å². The Balaban J connectivity index is 1.12. The molecule has 0 unspecified atom stereocenters. The molecule has 0 bridgehead atoms. The molecule has 0 amide bonds. The topological polar surface area (TPSA) is 154 Å². The van der Waals surface area contributed by atoms with Crippen molar-refractivity contribution in [3.63, 3.8) is 0 Å². The first-order valence-corrected chi connectivity index (χ1v) is 20.6. The third-order valence-electron chi connectivity index (χ3n) is 12.6. The first-order chi connectivity index (χ1) is 24.9. The molecular formula is C38H55F5O9S. The van der Waals surface area contributed by atoms with Crippen LogP contribution in [0.1, 0.15) is 114 Å². The van der Waals surface area contributed by atoms with Crippen LogP contribution >= 0.6 is 0 Å². The van der Waals surface area contributed by atoms with Gasteiger partial charge in [-0.15, -0.1) is 0 Å². The Labute approximate surface area is 310 Å². The number of fused-ring (bicyclic) bond motifs is 5. The molecule has 15 heteroatoms. The minimum Gasteiger partial charge on any atom is -0.479 e. The zero-order chi connectivity index (χ0) is 38.7. The third kappa shape index (κ3) is 9.56. The van der Waals surface area contributed by atoms with Gasteiger partial charge < -0.3 is 35.0 Å². The number of carbonyl (C=O) groups is 1. The Hall–Kier alpha value is -1.91. The highest BCUT2D eigenvalue weighted by atomic mass is 32.2. The van der Waals surface area contributed by atoms with E-state index >= 15 is 0 Å². The number of ether oxygens (including phenoxy) is 2. The molecule has 1 saturated heterocycles. The Morgan fingerprint density at radius 3 is 2.25 bits per heavy atom. The van der Waals surface area contributed by atoms with Gasteiger partial charge in [0.1, 0.15) is 24.1 Å². The summed E-state index contributed by atoms with van der Waals surface area (Å²) in [6, 6.07) is 5.71. The van der Waals surface area contributed by atoms with Crippen molar-refractivity contribution < 1.29 is 66.0 Å². The number of hydrogen-bond acceptors (Lipinski definition) is 8. The molecule has 1 aromatic rings. The monoisotopic (exact) mass is 782 g/mol. The van der Waals surface area contributed by atoms with E-state index in [1.54, 1.807) is 6.07 Å². The highest BCUT2D eigenvalue weighted by Crippen LogP contribution is 2.63. The third-order valence-corrected chi connectivity index (χ3v) is 14.1. The summed E-state index contributed by atoms with van der Waals surface area (Å²) in [7, 11) is -1.41. The van der Waals surface area contributed by atoms with E-state index in [-0.39, 0.29) is 17.3 Å². The summed E-state index contributed by atoms with van der Waals surface area (Å²) >= 11 is 0. The molecule has 12 atom stereocenters. The van der Waals surface area contributed by atoms with Crippen molar-refractivity contribution in [1.82, 2.24) is 0 Å². The summed E-state index contributed by atoms with van der Waals surface area (Å²) in [5.41, 5.74) is 2.24. The lowest BCUT2D eigenvalue weighted by Gasteiger charge is -2.53. The number of halogens is 5. The zero-order valence-electron chi connectivity index (χ0n) is 30.2. The lowest BCUT2D eigenvalue weighted by molar-refractivity contribution is -0.284. The molecule has 1 heterocycles. The number of benzene rings is 1. The molecule has 3 fully saturated rings. The smallest absolute Gasteiger partial charge is 0.453 e. The summed E-state index contributed by atoms with van der Waals surface area (Å²) < 4.78 is 86.3. The average Bonchev–Trinajstić information content (AvgIpc) is 3.40. The number of rotatable bonds is 17. The van der Waals surface area contributed by atoms with Crippen molar-refractivity contribution in [3.8, 4) is 5.75 Å². The van der Waals surface area contributed by atoms with E-state index in [4.69, 9.17) is 9.47 Å². The fraction of sp³-hybridized carbons (Fsp3) is 0.816. The van der Waals surface area contributed by atoms with Crippen LogP contribution in [0.4, 0.5) is 22.0 Å². The second-order valence-electron chi connectivity index (χ2n) is 16.0. The Morgan fingerprint density at radius 2 is 1.57 bits per heavy atom. The van der Waals surface area contributed by atoms with Crippen LogP contribution in [0.15, 0.2) is 18.2 Å². The summed E-state index contributed by atoms with van der Waals surface area (Å²) in [5, 5.41) is 51.2. The maximum atomic E-state index is 13.1. The second-order valence-corrected chi connectivity index (χ2v) is 17.7. The van der Waals surface area contributed by atoms with Crippen LogP contribution in [-0.4, -0.2) is 96.1 Å². The van der Waals surface area contributed by atoms with Crippen LogP contribution in [0.3, 0.4) is 0 Å². The number of hydrogen-bond donors (Lipinski definition) is 5. The van der Waals surface area contributed by atoms with Crippen LogP contribution in [0.25, 0.3) is 0 Å². The zero-order valence-corrected chi connectivity index (χ0v) is 31.0. The van der Waals surface area contributed by atoms with Crippen LogP contribution in [-0.2, 0) is 26.8 Å². The molecule has 0 spiro atoms. The molecule has 5 N–H and O–H groups in total. The van der Waals surface area contributed by atoms with Crippen molar-refractivity contribution in [3.05, 3.63) is 29.3 Å². The highest BCUT2D eigenvalue weighted by molar-refractivity contribution is 7.84. The van der Waals surface area contributed by atoms with Crippen molar-refractivity contribution in [2.24, 2.45) is 23.2 Å². The van der Waals surface area contributed by atoms with Crippen LogP contribution in [0.2, 0.25) is 0 Å². The largest absolute Gasteiger partial charge is 0.479 e. The highest BCUT2D eigenvalue weighted by Gasteiger charge is 2.57. The molecule has 4 aliphatic rings. The number of carboxylic acids is 1. The molecule has 9 nitrogen and oxygen atoms in total. The second kappa shape index (κ2) is 17.5. The normalized spacial score (nSPS) is 34.9. The summed E-state index contributed by atoms with van der Waals surface area (Å²) in [5.74, 6) is -4.22. The van der Waals surface area contributed by atoms with Gasteiger partial charge in [0.2, 0.25) is 6.29 Å².